The van der Waals surface area contributed by atoms with Crippen molar-refractivity contribution in [2.45, 2.75) is 6.54 Å². The molecule has 3 rings (SSSR count). The van der Waals surface area contributed by atoms with Gasteiger partial charge in [-0.25, -0.2) is 0 Å². The monoisotopic (exact) mass is 328 g/mol. The molecule has 2 aromatic rings. The zero-order valence-electron chi connectivity index (χ0n) is 12.8. The predicted molar refractivity (Wildman–Crippen MR) is 85.2 cm³/mol. The van der Waals surface area contributed by atoms with Gasteiger partial charge in [0, 0.05) is 6.08 Å². The molecule has 1 aliphatic rings. The zero-order chi connectivity index (χ0) is 16.8. The number of hydrogen-bond acceptors (Lipinski definition) is 5. The molecule has 0 unspecified atom stereocenters. The number of benzene rings is 1. The SMILES string of the molecule is O=C(/C=C/c1ccc2c(c1)OCO2)NCC(=O)NCc1ccco1. The molecular formula is C17H16N2O5. The molecule has 124 valence electrons. The predicted octanol–water partition coefficient (Wildman–Crippen LogP) is 1.45. The maximum absolute atomic E-state index is 11.7. The Hall–Kier alpha value is -3.22. The molecule has 1 aliphatic heterocycles. The van der Waals surface area contributed by atoms with E-state index in [1.807, 2.05) is 6.07 Å². The van der Waals surface area contributed by atoms with Crippen LogP contribution in [-0.4, -0.2) is 25.2 Å². The van der Waals surface area contributed by atoms with Crippen LogP contribution in [0, 0.1) is 0 Å². The lowest BCUT2D eigenvalue weighted by molar-refractivity contribution is -0.124. The van der Waals surface area contributed by atoms with Gasteiger partial charge in [-0.05, 0) is 35.9 Å². The van der Waals surface area contributed by atoms with Gasteiger partial charge in [0.15, 0.2) is 11.5 Å². The van der Waals surface area contributed by atoms with Crippen LogP contribution in [0.25, 0.3) is 6.08 Å². The Kier molecular flexibility index (Phi) is 4.81. The maximum Gasteiger partial charge on any atom is 0.244 e. The van der Waals surface area contributed by atoms with E-state index in [2.05, 4.69) is 10.6 Å². The Morgan fingerprint density at radius 3 is 2.83 bits per heavy atom. The summed E-state index contributed by atoms with van der Waals surface area (Å²) in [5.41, 5.74) is 0.802. The first-order valence-electron chi connectivity index (χ1n) is 7.35. The summed E-state index contributed by atoms with van der Waals surface area (Å²) in [4.78, 5) is 23.4. The van der Waals surface area contributed by atoms with Gasteiger partial charge in [0.25, 0.3) is 0 Å². The van der Waals surface area contributed by atoms with Crippen LogP contribution in [0.1, 0.15) is 11.3 Å². The average Bonchev–Trinajstić information content (AvgIpc) is 3.26. The molecule has 0 spiro atoms. The van der Waals surface area contributed by atoms with Crippen molar-refractivity contribution >= 4 is 17.9 Å². The van der Waals surface area contributed by atoms with Gasteiger partial charge in [-0.1, -0.05) is 6.07 Å². The number of carbonyl (C=O) groups is 2. The highest BCUT2D eigenvalue weighted by atomic mass is 16.7. The van der Waals surface area contributed by atoms with E-state index in [1.165, 1.54) is 12.3 Å². The van der Waals surface area contributed by atoms with Gasteiger partial charge in [0.2, 0.25) is 18.6 Å². The minimum absolute atomic E-state index is 0.106. The fraction of sp³-hybridized carbons (Fsp3) is 0.176. The smallest absolute Gasteiger partial charge is 0.244 e. The summed E-state index contributed by atoms with van der Waals surface area (Å²) < 4.78 is 15.6. The van der Waals surface area contributed by atoms with Crippen molar-refractivity contribution in [3.63, 3.8) is 0 Å². The van der Waals surface area contributed by atoms with E-state index in [9.17, 15) is 9.59 Å². The van der Waals surface area contributed by atoms with Crippen LogP contribution in [0.2, 0.25) is 0 Å². The third kappa shape index (κ3) is 4.16. The number of nitrogens with one attached hydrogen (secondary N) is 2. The van der Waals surface area contributed by atoms with Crippen LogP contribution in [0.3, 0.4) is 0 Å². The molecule has 0 radical (unpaired) electrons. The quantitative estimate of drug-likeness (QED) is 0.784. The zero-order valence-corrected chi connectivity index (χ0v) is 12.8. The number of rotatable bonds is 6. The Morgan fingerprint density at radius 1 is 1.12 bits per heavy atom. The number of carbonyl (C=O) groups excluding carboxylic acids is 2. The Balaban J connectivity index is 1.42. The second-order valence-electron chi connectivity index (χ2n) is 5.02. The third-order valence-corrected chi connectivity index (χ3v) is 3.29. The molecule has 0 fully saturated rings. The first-order valence-corrected chi connectivity index (χ1v) is 7.35. The fourth-order valence-corrected chi connectivity index (χ4v) is 2.08. The van der Waals surface area contributed by atoms with E-state index in [4.69, 9.17) is 13.9 Å². The summed E-state index contributed by atoms with van der Waals surface area (Å²) in [7, 11) is 0. The molecule has 2 N–H and O–H groups in total. The molecule has 0 bridgehead atoms. The average molecular weight is 328 g/mol. The van der Waals surface area contributed by atoms with E-state index in [0.717, 1.165) is 5.56 Å². The standard InChI is InChI=1S/C17H16N2O5/c20-16(19-10-17(21)18-9-13-2-1-7-22-13)6-4-12-3-5-14-15(8-12)24-11-23-14/h1-8H,9-11H2,(H,18,21)(H,19,20)/b6-4+. The van der Waals surface area contributed by atoms with Gasteiger partial charge in [-0.15, -0.1) is 0 Å². The van der Waals surface area contributed by atoms with E-state index in [-0.39, 0.29) is 31.7 Å². The van der Waals surface area contributed by atoms with Crippen molar-refractivity contribution < 1.29 is 23.5 Å². The maximum atomic E-state index is 11.7. The summed E-state index contributed by atoms with van der Waals surface area (Å²) >= 11 is 0. The van der Waals surface area contributed by atoms with Gasteiger partial charge in [-0.3, -0.25) is 9.59 Å². The molecule has 1 aromatic carbocycles. The second-order valence-corrected chi connectivity index (χ2v) is 5.02. The first-order chi connectivity index (χ1) is 11.7. The molecule has 1 aromatic heterocycles. The van der Waals surface area contributed by atoms with Crippen LogP contribution in [0.4, 0.5) is 0 Å². The van der Waals surface area contributed by atoms with Crippen LogP contribution in [0.5, 0.6) is 11.5 Å². The van der Waals surface area contributed by atoms with Crippen LogP contribution in [-0.2, 0) is 16.1 Å². The van der Waals surface area contributed by atoms with E-state index in [0.29, 0.717) is 17.3 Å². The van der Waals surface area contributed by atoms with Crippen molar-refractivity contribution in [1.29, 1.82) is 0 Å². The minimum atomic E-state index is -0.360. The number of ether oxygens (including phenoxy) is 2. The van der Waals surface area contributed by atoms with Crippen molar-refractivity contribution in [3.8, 4) is 11.5 Å². The normalized spacial score (nSPS) is 12.3. The highest BCUT2D eigenvalue weighted by Gasteiger charge is 2.12. The van der Waals surface area contributed by atoms with Crippen molar-refractivity contribution in [3.05, 3.63) is 54.0 Å². The topological polar surface area (TPSA) is 89.8 Å². The highest BCUT2D eigenvalue weighted by Crippen LogP contribution is 2.32. The van der Waals surface area contributed by atoms with Crippen LogP contribution >= 0.6 is 0 Å². The van der Waals surface area contributed by atoms with Gasteiger partial charge in [0.1, 0.15) is 5.76 Å². The third-order valence-electron chi connectivity index (χ3n) is 3.29. The van der Waals surface area contributed by atoms with E-state index >= 15 is 0 Å². The molecular weight excluding hydrogens is 312 g/mol. The van der Waals surface area contributed by atoms with Gasteiger partial charge < -0.3 is 24.5 Å². The van der Waals surface area contributed by atoms with Crippen LogP contribution in [0.15, 0.2) is 47.1 Å². The first kappa shape index (κ1) is 15.7. The lowest BCUT2D eigenvalue weighted by Crippen LogP contribution is -2.35. The molecule has 0 aliphatic carbocycles. The lowest BCUT2D eigenvalue weighted by atomic mass is 10.2. The lowest BCUT2D eigenvalue weighted by Gasteiger charge is -2.04. The number of amides is 2. The molecule has 24 heavy (non-hydrogen) atoms. The summed E-state index contributed by atoms with van der Waals surface area (Å²) in [5.74, 6) is 1.33. The molecule has 2 amide bonds. The number of hydrogen-bond donors (Lipinski definition) is 2. The molecule has 7 nitrogen and oxygen atoms in total. The second kappa shape index (κ2) is 7.36. The van der Waals surface area contributed by atoms with Gasteiger partial charge in [-0.2, -0.15) is 0 Å². The van der Waals surface area contributed by atoms with Crippen molar-refractivity contribution in [2.24, 2.45) is 0 Å². The molecule has 2 heterocycles. The fourth-order valence-electron chi connectivity index (χ4n) is 2.08. The van der Waals surface area contributed by atoms with Gasteiger partial charge in [0.05, 0.1) is 19.4 Å². The van der Waals surface area contributed by atoms with E-state index < -0.39 is 0 Å². The Morgan fingerprint density at radius 2 is 2.00 bits per heavy atom. The summed E-state index contributed by atoms with van der Waals surface area (Å²) in [5, 5.41) is 5.15. The number of fused-ring (bicyclic) bond motifs is 1. The van der Waals surface area contributed by atoms with Crippen molar-refractivity contribution in [2.75, 3.05) is 13.3 Å². The molecule has 7 heteroatoms. The van der Waals surface area contributed by atoms with Crippen LogP contribution < -0.4 is 20.1 Å². The van der Waals surface area contributed by atoms with Gasteiger partial charge >= 0.3 is 0 Å². The summed E-state index contributed by atoms with van der Waals surface area (Å²) in [6, 6.07) is 8.87. The Labute approximate surface area is 138 Å². The number of furan rings is 1. The van der Waals surface area contributed by atoms with E-state index in [1.54, 1.807) is 30.3 Å². The van der Waals surface area contributed by atoms with Crippen molar-refractivity contribution in [1.82, 2.24) is 10.6 Å². The summed E-state index contributed by atoms with van der Waals surface area (Å²) in [6.07, 6.45) is 4.53. The highest BCUT2D eigenvalue weighted by molar-refractivity contribution is 5.94. The minimum Gasteiger partial charge on any atom is -0.467 e. The largest absolute Gasteiger partial charge is 0.467 e. The molecule has 0 atom stereocenters. The summed E-state index contributed by atoms with van der Waals surface area (Å²) in [6.45, 7) is 0.385. The molecule has 0 saturated heterocycles. The molecule has 0 saturated carbocycles. The Bertz CT molecular complexity index is 752.